The van der Waals surface area contributed by atoms with Crippen molar-refractivity contribution in [2.45, 2.75) is 6.92 Å². The van der Waals surface area contributed by atoms with Gasteiger partial charge in [-0.1, -0.05) is 12.1 Å². The Morgan fingerprint density at radius 3 is 2.65 bits per heavy atom. The molecule has 2 aromatic carbocycles. The van der Waals surface area contributed by atoms with Crippen LogP contribution in [-0.4, -0.2) is 13.0 Å². The van der Waals surface area contributed by atoms with Crippen LogP contribution in [0, 0.1) is 0 Å². The molecule has 5 nitrogen and oxygen atoms in total. The van der Waals surface area contributed by atoms with Crippen molar-refractivity contribution in [3.8, 4) is 17.1 Å². The molecule has 0 radical (unpaired) electrons. The van der Waals surface area contributed by atoms with Crippen LogP contribution in [0.5, 0.6) is 5.75 Å². The minimum Gasteiger partial charge on any atom is -0.495 e. The smallest absolute Gasteiger partial charge is 0.221 e. The average Bonchev–Trinajstić information content (AvgIpc) is 2.54. The van der Waals surface area contributed by atoms with Crippen molar-refractivity contribution in [2.24, 2.45) is 0 Å². The van der Waals surface area contributed by atoms with Crippen LogP contribution < -0.4 is 15.5 Å². The summed E-state index contributed by atoms with van der Waals surface area (Å²) in [5.74, 6) is 0.753. The topological polar surface area (TPSA) is 68.5 Å². The van der Waals surface area contributed by atoms with Crippen LogP contribution in [0.25, 0.3) is 22.3 Å². The van der Waals surface area contributed by atoms with E-state index in [1.165, 1.54) is 20.1 Å². The fourth-order valence-electron chi connectivity index (χ4n) is 2.38. The molecule has 0 aliphatic carbocycles. The highest BCUT2D eigenvalue weighted by molar-refractivity contribution is 5.91. The van der Waals surface area contributed by atoms with Gasteiger partial charge in [-0.3, -0.25) is 9.59 Å². The molecule has 0 saturated heterocycles. The Hall–Kier alpha value is -3.08. The fraction of sp³-hybridized carbons (Fsp3) is 0.111. The van der Waals surface area contributed by atoms with Gasteiger partial charge >= 0.3 is 0 Å². The van der Waals surface area contributed by atoms with Crippen molar-refractivity contribution in [3.63, 3.8) is 0 Å². The quantitative estimate of drug-likeness (QED) is 0.805. The standard InChI is InChI=1S/C18H15NO4/c1-11(20)19-14-8-7-12(9-18(14)22-2)17-10-15(21)13-5-3-4-6-16(13)23-17/h3-10H,1-2H3,(H,19,20). The summed E-state index contributed by atoms with van der Waals surface area (Å²) in [6.07, 6.45) is 0. The maximum Gasteiger partial charge on any atom is 0.221 e. The zero-order valence-electron chi connectivity index (χ0n) is 12.8. The zero-order chi connectivity index (χ0) is 16.4. The summed E-state index contributed by atoms with van der Waals surface area (Å²) < 4.78 is 11.1. The number of methoxy groups -OCH3 is 1. The van der Waals surface area contributed by atoms with E-state index in [9.17, 15) is 9.59 Å². The van der Waals surface area contributed by atoms with Gasteiger partial charge in [-0.05, 0) is 30.3 Å². The number of nitrogens with one attached hydrogen (secondary N) is 1. The third-order valence-electron chi connectivity index (χ3n) is 3.43. The summed E-state index contributed by atoms with van der Waals surface area (Å²) in [4.78, 5) is 23.4. The molecule has 0 spiro atoms. The van der Waals surface area contributed by atoms with Crippen LogP contribution in [-0.2, 0) is 4.79 Å². The second-order valence-electron chi connectivity index (χ2n) is 5.07. The lowest BCUT2D eigenvalue weighted by atomic mass is 10.1. The third kappa shape index (κ3) is 2.94. The Morgan fingerprint density at radius 1 is 1.13 bits per heavy atom. The van der Waals surface area contributed by atoms with Crippen LogP contribution in [0.1, 0.15) is 6.92 Å². The number of carbonyl (C=O) groups excluding carboxylic acids is 1. The molecule has 0 aliphatic heterocycles. The van der Waals surface area contributed by atoms with E-state index >= 15 is 0 Å². The molecule has 116 valence electrons. The first-order valence-electron chi connectivity index (χ1n) is 7.07. The molecule has 0 aliphatic rings. The highest BCUT2D eigenvalue weighted by Gasteiger charge is 2.11. The lowest BCUT2D eigenvalue weighted by Gasteiger charge is -2.11. The Balaban J connectivity index is 2.11. The maximum absolute atomic E-state index is 12.2. The molecule has 1 aromatic heterocycles. The monoisotopic (exact) mass is 309 g/mol. The van der Waals surface area contributed by atoms with Crippen LogP contribution >= 0.6 is 0 Å². The normalized spacial score (nSPS) is 10.5. The van der Waals surface area contributed by atoms with Crippen molar-refractivity contribution >= 4 is 22.6 Å². The van der Waals surface area contributed by atoms with Crippen molar-refractivity contribution in [1.29, 1.82) is 0 Å². The second-order valence-corrected chi connectivity index (χ2v) is 5.07. The van der Waals surface area contributed by atoms with Gasteiger partial charge in [-0.2, -0.15) is 0 Å². The predicted octanol–water partition coefficient (Wildman–Crippen LogP) is 3.43. The predicted molar refractivity (Wildman–Crippen MR) is 88.8 cm³/mol. The van der Waals surface area contributed by atoms with E-state index in [2.05, 4.69) is 5.32 Å². The molecule has 0 atom stereocenters. The van der Waals surface area contributed by atoms with Gasteiger partial charge in [0, 0.05) is 18.6 Å². The summed E-state index contributed by atoms with van der Waals surface area (Å²) in [6.45, 7) is 1.43. The van der Waals surface area contributed by atoms with E-state index in [-0.39, 0.29) is 11.3 Å². The van der Waals surface area contributed by atoms with Gasteiger partial charge in [0.15, 0.2) is 5.43 Å². The summed E-state index contributed by atoms with van der Waals surface area (Å²) in [7, 11) is 1.51. The zero-order valence-corrected chi connectivity index (χ0v) is 12.8. The van der Waals surface area contributed by atoms with Gasteiger partial charge in [0.25, 0.3) is 0 Å². The molecule has 3 aromatic rings. The Kier molecular flexibility index (Phi) is 3.85. The van der Waals surface area contributed by atoms with Crippen LogP contribution in [0.15, 0.2) is 57.7 Å². The minimum atomic E-state index is -0.187. The number of anilines is 1. The van der Waals surface area contributed by atoms with Crippen molar-refractivity contribution < 1.29 is 13.9 Å². The SMILES string of the molecule is COc1cc(-c2cc(=O)c3ccccc3o2)ccc1NC(C)=O. The number of amides is 1. The molecule has 3 rings (SSSR count). The van der Waals surface area contributed by atoms with E-state index in [1.54, 1.807) is 36.4 Å². The summed E-state index contributed by atoms with van der Waals surface area (Å²) in [5, 5.41) is 3.23. The van der Waals surface area contributed by atoms with Crippen molar-refractivity contribution in [2.75, 3.05) is 12.4 Å². The van der Waals surface area contributed by atoms with E-state index < -0.39 is 0 Å². The first-order chi connectivity index (χ1) is 11.1. The third-order valence-corrected chi connectivity index (χ3v) is 3.43. The summed E-state index contributed by atoms with van der Waals surface area (Å²) in [5.41, 5.74) is 1.68. The van der Waals surface area contributed by atoms with Gasteiger partial charge in [-0.15, -0.1) is 0 Å². The van der Waals surface area contributed by atoms with E-state index in [4.69, 9.17) is 9.15 Å². The largest absolute Gasteiger partial charge is 0.495 e. The molecule has 0 unspecified atom stereocenters. The Bertz CT molecular complexity index is 943. The van der Waals surface area contributed by atoms with Gasteiger partial charge in [0.1, 0.15) is 17.1 Å². The Labute approximate surface area is 132 Å². The number of fused-ring (bicyclic) bond motifs is 1. The lowest BCUT2D eigenvalue weighted by molar-refractivity contribution is -0.114. The molecule has 1 heterocycles. The van der Waals surface area contributed by atoms with Gasteiger partial charge < -0.3 is 14.5 Å². The Morgan fingerprint density at radius 2 is 1.91 bits per heavy atom. The highest BCUT2D eigenvalue weighted by Crippen LogP contribution is 2.31. The molecule has 0 fully saturated rings. The molecule has 5 heteroatoms. The number of hydrogen-bond acceptors (Lipinski definition) is 4. The number of benzene rings is 2. The van der Waals surface area contributed by atoms with Crippen LogP contribution in [0.4, 0.5) is 5.69 Å². The maximum atomic E-state index is 12.2. The molecule has 23 heavy (non-hydrogen) atoms. The molecule has 0 bridgehead atoms. The van der Waals surface area contributed by atoms with Gasteiger partial charge in [-0.25, -0.2) is 0 Å². The lowest BCUT2D eigenvalue weighted by Crippen LogP contribution is -2.07. The highest BCUT2D eigenvalue weighted by atomic mass is 16.5. The number of hydrogen-bond donors (Lipinski definition) is 1. The molecular weight excluding hydrogens is 294 g/mol. The summed E-state index contributed by atoms with van der Waals surface area (Å²) in [6, 6.07) is 13.7. The van der Waals surface area contributed by atoms with Gasteiger partial charge in [0.2, 0.25) is 5.91 Å². The second kappa shape index (κ2) is 5.96. The molecular formula is C18H15NO4. The van der Waals surface area contributed by atoms with Crippen LogP contribution in [0.3, 0.4) is 0 Å². The first kappa shape index (κ1) is 14.8. The number of ether oxygens (including phenoxy) is 1. The summed E-state index contributed by atoms with van der Waals surface area (Å²) >= 11 is 0. The fourth-order valence-corrected chi connectivity index (χ4v) is 2.38. The van der Waals surface area contributed by atoms with Crippen molar-refractivity contribution in [3.05, 3.63) is 58.8 Å². The minimum absolute atomic E-state index is 0.105. The molecule has 0 saturated carbocycles. The van der Waals surface area contributed by atoms with Gasteiger partial charge in [0.05, 0.1) is 18.2 Å². The molecule has 1 amide bonds. The van der Waals surface area contributed by atoms with E-state index in [0.29, 0.717) is 33.7 Å². The van der Waals surface area contributed by atoms with Crippen molar-refractivity contribution in [1.82, 2.24) is 0 Å². The average molecular weight is 309 g/mol. The molecule has 1 N–H and O–H groups in total. The van der Waals surface area contributed by atoms with Crippen LogP contribution in [0.2, 0.25) is 0 Å². The first-order valence-corrected chi connectivity index (χ1v) is 7.07. The number of carbonyl (C=O) groups is 1. The number of rotatable bonds is 3. The van der Waals surface area contributed by atoms with E-state index in [0.717, 1.165) is 0 Å². The van der Waals surface area contributed by atoms with E-state index in [1.807, 2.05) is 6.07 Å². The number of para-hydroxylation sites is 1.